The highest BCUT2D eigenvalue weighted by atomic mass is 15.5. The molecule has 0 atom stereocenters. The van der Waals surface area contributed by atoms with Crippen molar-refractivity contribution in [3.05, 3.63) is 109 Å². The zero-order valence-electron chi connectivity index (χ0n) is 17.6. The maximum Gasteiger partial charge on any atom is 0.0652 e. The van der Waals surface area contributed by atoms with E-state index in [-0.39, 0.29) is 0 Å². The Kier molecular flexibility index (Phi) is 5.24. The highest BCUT2D eigenvalue weighted by molar-refractivity contribution is 6.09. The maximum absolute atomic E-state index is 4.87. The fourth-order valence-corrected chi connectivity index (χ4v) is 4.16. The van der Waals surface area contributed by atoms with Crippen LogP contribution in [0.3, 0.4) is 0 Å². The minimum Gasteiger partial charge on any atom is -0.340 e. The molecule has 3 nitrogen and oxygen atoms in total. The van der Waals surface area contributed by atoms with Gasteiger partial charge in [0.1, 0.15) is 0 Å². The first kappa shape index (κ1) is 19.1. The van der Waals surface area contributed by atoms with Crippen molar-refractivity contribution in [1.82, 2.24) is 4.57 Å². The fraction of sp³-hybridized carbons (Fsp3) is 0.107. The van der Waals surface area contributed by atoms with E-state index in [1.165, 1.54) is 21.8 Å². The van der Waals surface area contributed by atoms with E-state index in [0.717, 1.165) is 29.9 Å². The number of aryl methyl sites for hydroxylation is 1. The molecule has 5 aromatic rings. The Morgan fingerprint density at radius 2 is 1.32 bits per heavy atom. The molecule has 0 aliphatic heterocycles. The summed E-state index contributed by atoms with van der Waals surface area (Å²) < 4.78 is 2.42. The summed E-state index contributed by atoms with van der Waals surface area (Å²) in [5.41, 5.74) is 5.73. The first-order valence-corrected chi connectivity index (χ1v) is 10.8. The molecule has 31 heavy (non-hydrogen) atoms. The van der Waals surface area contributed by atoms with Crippen molar-refractivity contribution in [2.75, 3.05) is 5.01 Å². The number of benzene rings is 4. The van der Waals surface area contributed by atoms with Gasteiger partial charge in [-0.1, -0.05) is 67.6 Å². The monoisotopic (exact) mass is 403 g/mol. The van der Waals surface area contributed by atoms with Crippen molar-refractivity contribution < 1.29 is 0 Å². The predicted molar refractivity (Wildman–Crippen MR) is 132 cm³/mol. The Bertz CT molecular complexity index is 1300. The summed E-state index contributed by atoms with van der Waals surface area (Å²) in [5.74, 6) is 0. The summed E-state index contributed by atoms with van der Waals surface area (Å²) in [6, 6.07) is 35.8. The van der Waals surface area contributed by atoms with E-state index in [4.69, 9.17) is 5.10 Å². The molecule has 0 aliphatic rings. The van der Waals surface area contributed by atoms with Crippen molar-refractivity contribution >= 4 is 39.4 Å². The topological polar surface area (TPSA) is 20.5 Å². The number of anilines is 2. The number of aromatic nitrogens is 1. The van der Waals surface area contributed by atoms with E-state index in [9.17, 15) is 0 Å². The third-order valence-electron chi connectivity index (χ3n) is 5.57. The Labute approximate surface area is 182 Å². The molecule has 0 saturated heterocycles. The summed E-state index contributed by atoms with van der Waals surface area (Å²) in [4.78, 5) is 0. The van der Waals surface area contributed by atoms with Crippen LogP contribution >= 0.6 is 0 Å². The molecule has 1 aromatic heterocycles. The normalized spacial score (nSPS) is 11.5. The van der Waals surface area contributed by atoms with Crippen LogP contribution < -0.4 is 5.01 Å². The van der Waals surface area contributed by atoms with E-state index in [1.54, 1.807) is 0 Å². The molecule has 0 radical (unpaired) electrons. The molecule has 1 heterocycles. The van der Waals surface area contributed by atoms with Gasteiger partial charge in [0.05, 0.1) is 17.6 Å². The van der Waals surface area contributed by atoms with Gasteiger partial charge in [0.2, 0.25) is 0 Å². The van der Waals surface area contributed by atoms with Crippen LogP contribution in [0.5, 0.6) is 0 Å². The smallest absolute Gasteiger partial charge is 0.0652 e. The van der Waals surface area contributed by atoms with Gasteiger partial charge in [-0.2, -0.15) is 5.10 Å². The van der Waals surface area contributed by atoms with Gasteiger partial charge in [-0.15, -0.1) is 0 Å². The van der Waals surface area contributed by atoms with Gasteiger partial charge in [0, 0.05) is 28.4 Å². The minimum atomic E-state index is 1.02. The molecular weight excluding hydrogens is 378 g/mol. The Balaban J connectivity index is 1.58. The van der Waals surface area contributed by atoms with Gasteiger partial charge in [0.25, 0.3) is 0 Å². The third kappa shape index (κ3) is 3.71. The average molecular weight is 404 g/mol. The maximum atomic E-state index is 4.87. The van der Waals surface area contributed by atoms with Gasteiger partial charge in [-0.3, -0.25) is 0 Å². The quantitative estimate of drug-likeness (QED) is 0.214. The molecule has 0 fully saturated rings. The van der Waals surface area contributed by atoms with Crippen LogP contribution in [-0.2, 0) is 6.54 Å². The highest BCUT2D eigenvalue weighted by Gasteiger charge is 2.11. The first-order chi connectivity index (χ1) is 15.3. The van der Waals surface area contributed by atoms with Crippen LogP contribution in [0, 0.1) is 0 Å². The van der Waals surface area contributed by atoms with Crippen LogP contribution in [0.25, 0.3) is 21.8 Å². The lowest BCUT2D eigenvalue weighted by Gasteiger charge is -2.19. The number of para-hydroxylation sites is 3. The summed E-state index contributed by atoms with van der Waals surface area (Å²) in [5, 5.41) is 9.42. The van der Waals surface area contributed by atoms with E-state index in [2.05, 4.69) is 78.2 Å². The second-order valence-corrected chi connectivity index (χ2v) is 7.67. The van der Waals surface area contributed by atoms with Crippen LogP contribution in [0.15, 0.2) is 108 Å². The largest absolute Gasteiger partial charge is 0.340 e. The van der Waals surface area contributed by atoms with Crippen LogP contribution in [0.4, 0.5) is 11.4 Å². The lowest BCUT2D eigenvalue weighted by Crippen LogP contribution is -2.09. The second-order valence-electron chi connectivity index (χ2n) is 7.67. The molecule has 5 rings (SSSR count). The SMILES string of the molecule is CCCn1c2ccccc2c2cc(/C=N/N(c3ccccc3)c3ccccc3)ccc21. The highest BCUT2D eigenvalue weighted by Crippen LogP contribution is 2.30. The zero-order chi connectivity index (χ0) is 21.0. The van der Waals surface area contributed by atoms with Gasteiger partial charge >= 0.3 is 0 Å². The minimum absolute atomic E-state index is 1.02. The average Bonchev–Trinajstić information content (AvgIpc) is 3.14. The number of hydrogen-bond acceptors (Lipinski definition) is 2. The van der Waals surface area contributed by atoms with E-state index < -0.39 is 0 Å². The lowest BCUT2D eigenvalue weighted by atomic mass is 10.1. The summed E-state index contributed by atoms with van der Waals surface area (Å²) in [6.45, 7) is 3.25. The molecule has 0 N–H and O–H groups in total. The third-order valence-corrected chi connectivity index (χ3v) is 5.57. The fourth-order valence-electron chi connectivity index (χ4n) is 4.16. The molecule has 3 heteroatoms. The van der Waals surface area contributed by atoms with Gasteiger partial charge in [-0.25, -0.2) is 5.01 Å². The number of fused-ring (bicyclic) bond motifs is 3. The lowest BCUT2D eigenvalue weighted by molar-refractivity contribution is 0.724. The molecule has 0 unspecified atom stereocenters. The predicted octanol–water partition coefficient (Wildman–Crippen LogP) is 7.38. The van der Waals surface area contributed by atoms with E-state index in [1.807, 2.05) is 47.6 Å². The van der Waals surface area contributed by atoms with Crippen molar-refractivity contribution in [2.24, 2.45) is 5.10 Å². The molecule has 0 spiro atoms. The number of nitrogens with zero attached hydrogens (tertiary/aromatic N) is 3. The Hall–Kier alpha value is -3.85. The molecule has 0 amide bonds. The first-order valence-electron chi connectivity index (χ1n) is 10.8. The van der Waals surface area contributed by atoms with Crippen LogP contribution in [0.1, 0.15) is 18.9 Å². The van der Waals surface area contributed by atoms with E-state index >= 15 is 0 Å². The molecular formula is C28H25N3. The molecule has 152 valence electrons. The van der Waals surface area contributed by atoms with Gasteiger partial charge in [-0.05, 0) is 54.4 Å². The second kappa shape index (κ2) is 8.49. The Morgan fingerprint density at radius 1 is 0.710 bits per heavy atom. The van der Waals surface area contributed by atoms with Crippen molar-refractivity contribution in [2.45, 2.75) is 19.9 Å². The van der Waals surface area contributed by atoms with Crippen LogP contribution in [-0.4, -0.2) is 10.8 Å². The Morgan fingerprint density at radius 3 is 2.00 bits per heavy atom. The van der Waals surface area contributed by atoms with Crippen LogP contribution in [0.2, 0.25) is 0 Å². The van der Waals surface area contributed by atoms with Crippen molar-refractivity contribution in [3.8, 4) is 0 Å². The van der Waals surface area contributed by atoms with Gasteiger partial charge in [0.15, 0.2) is 0 Å². The molecule has 0 saturated carbocycles. The standard InChI is InChI=1S/C28H25N3/c1-2-19-30-27-16-10-9-15-25(27)26-20-22(17-18-28(26)30)21-29-31(23-11-5-3-6-12-23)24-13-7-4-8-14-24/h3-18,20-21H,2,19H2,1H3/b29-21+. The molecule has 0 bridgehead atoms. The number of rotatable bonds is 6. The van der Waals surface area contributed by atoms with E-state index in [0.29, 0.717) is 0 Å². The number of hydrazone groups is 1. The zero-order valence-corrected chi connectivity index (χ0v) is 17.6. The molecule has 0 aliphatic carbocycles. The van der Waals surface area contributed by atoms with Gasteiger partial charge < -0.3 is 4.57 Å². The number of hydrogen-bond donors (Lipinski definition) is 0. The van der Waals surface area contributed by atoms with Crippen molar-refractivity contribution in [1.29, 1.82) is 0 Å². The summed E-state index contributed by atoms with van der Waals surface area (Å²) in [7, 11) is 0. The summed E-state index contributed by atoms with van der Waals surface area (Å²) in [6.07, 6.45) is 3.06. The molecule has 4 aromatic carbocycles. The summed E-state index contributed by atoms with van der Waals surface area (Å²) >= 11 is 0. The van der Waals surface area contributed by atoms with Crippen molar-refractivity contribution in [3.63, 3.8) is 0 Å².